The summed E-state index contributed by atoms with van der Waals surface area (Å²) in [4.78, 5) is 3.97. The van der Waals surface area contributed by atoms with Crippen LogP contribution in [0.3, 0.4) is 0 Å². The predicted molar refractivity (Wildman–Crippen MR) is 89.1 cm³/mol. The maximum Gasteiger partial charge on any atom is 0.273 e. The molecule has 6 nitrogen and oxygen atoms in total. The lowest BCUT2D eigenvalue weighted by Gasteiger charge is -2.13. The highest BCUT2D eigenvalue weighted by Crippen LogP contribution is 2.31. The number of pyridine rings is 1. The Hall–Kier alpha value is -3.10. The number of anilines is 1. The molecule has 0 saturated carbocycles. The van der Waals surface area contributed by atoms with Gasteiger partial charge in [-0.2, -0.15) is 5.11 Å². The number of hydrogen-bond donors (Lipinski definition) is 2. The van der Waals surface area contributed by atoms with E-state index >= 15 is 0 Å². The van der Waals surface area contributed by atoms with Crippen LogP contribution in [0.4, 0.5) is 18.9 Å². The van der Waals surface area contributed by atoms with Crippen LogP contribution in [-0.4, -0.2) is 18.7 Å². The molecule has 0 unspecified atom stereocenters. The van der Waals surface area contributed by atoms with E-state index in [2.05, 4.69) is 15.4 Å². The lowest BCUT2D eigenvalue weighted by Crippen LogP contribution is -2.10. The van der Waals surface area contributed by atoms with E-state index in [-0.39, 0.29) is 23.9 Å². The number of alkyl halides is 2. The number of nitrogens with one attached hydrogen (secondary N) is 2. The molecule has 0 aliphatic carbocycles. The number of halogens is 3. The van der Waals surface area contributed by atoms with Crippen molar-refractivity contribution in [3.05, 3.63) is 59.8 Å². The van der Waals surface area contributed by atoms with Gasteiger partial charge in [-0.25, -0.2) is 23.7 Å². The van der Waals surface area contributed by atoms with Crippen LogP contribution in [0.5, 0.6) is 11.6 Å². The number of methoxy groups -OCH3 is 1. The molecule has 0 fully saturated rings. The van der Waals surface area contributed by atoms with Gasteiger partial charge in [0.2, 0.25) is 0 Å². The molecular formula is C17H17F3N4O2. The van der Waals surface area contributed by atoms with Crippen LogP contribution in [0.1, 0.15) is 12.5 Å². The molecule has 0 spiro atoms. The number of ether oxygens (including phenoxy) is 2. The van der Waals surface area contributed by atoms with Crippen LogP contribution in [0.2, 0.25) is 0 Å². The summed E-state index contributed by atoms with van der Waals surface area (Å²) in [7, 11) is 1.44. The van der Waals surface area contributed by atoms with Crippen molar-refractivity contribution in [2.75, 3.05) is 19.0 Å². The zero-order chi connectivity index (χ0) is 19.2. The molecule has 1 heterocycles. The number of aromatic nitrogens is 1. The van der Waals surface area contributed by atoms with Crippen molar-refractivity contribution in [3.63, 3.8) is 0 Å². The van der Waals surface area contributed by atoms with Gasteiger partial charge in [0.25, 0.3) is 11.8 Å². The van der Waals surface area contributed by atoms with E-state index in [9.17, 15) is 13.2 Å². The third-order valence-corrected chi connectivity index (χ3v) is 3.29. The fourth-order valence-electron chi connectivity index (χ4n) is 2.02. The Morgan fingerprint density at radius 3 is 2.81 bits per heavy atom. The van der Waals surface area contributed by atoms with Crippen molar-refractivity contribution < 1.29 is 22.6 Å². The van der Waals surface area contributed by atoms with Gasteiger partial charge in [0, 0.05) is 25.0 Å². The highest BCUT2D eigenvalue weighted by molar-refractivity contribution is 5.49. The molecule has 2 aromatic rings. The molecule has 9 heteroatoms. The first-order valence-electron chi connectivity index (χ1n) is 7.48. The summed E-state index contributed by atoms with van der Waals surface area (Å²) in [5.74, 6) is -3.67. The third kappa shape index (κ3) is 4.95. The fraction of sp³-hybridized carbons (Fsp3) is 0.235. The van der Waals surface area contributed by atoms with Crippen molar-refractivity contribution in [3.8, 4) is 11.6 Å². The Bertz CT molecular complexity index is 807. The first-order chi connectivity index (χ1) is 12.3. The third-order valence-electron chi connectivity index (χ3n) is 3.29. The van der Waals surface area contributed by atoms with Crippen molar-refractivity contribution in [1.29, 1.82) is 5.53 Å². The maximum absolute atomic E-state index is 13.5. The van der Waals surface area contributed by atoms with E-state index in [1.165, 1.54) is 25.6 Å². The lowest BCUT2D eigenvalue weighted by molar-refractivity contribution is 0.0138. The summed E-state index contributed by atoms with van der Waals surface area (Å²) in [5.41, 5.74) is 6.85. The largest absolute Gasteiger partial charge is 0.481 e. The average Bonchev–Trinajstić information content (AvgIpc) is 2.62. The minimum atomic E-state index is -3.31. The van der Waals surface area contributed by atoms with E-state index in [1.807, 2.05) is 0 Å². The van der Waals surface area contributed by atoms with Crippen molar-refractivity contribution in [2.45, 2.75) is 12.8 Å². The summed E-state index contributed by atoms with van der Waals surface area (Å²) >= 11 is 0. The van der Waals surface area contributed by atoms with Crippen molar-refractivity contribution in [1.82, 2.24) is 4.98 Å². The first-order valence-corrected chi connectivity index (χ1v) is 7.48. The molecule has 0 radical (unpaired) electrons. The van der Waals surface area contributed by atoms with Crippen LogP contribution < -0.4 is 14.8 Å². The minimum Gasteiger partial charge on any atom is -0.481 e. The monoisotopic (exact) mass is 366 g/mol. The molecule has 138 valence electrons. The van der Waals surface area contributed by atoms with E-state index in [4.69, 9.17) is 15.0 Å². The van der Waals surface area contributed by atoms with Crippen LogP contribution in [0.25, 0.3) is 0 Å². The fourth-order valence-corrected chi connectivity index (χ4v) is 2.02. The second-order valence-corrected chi connectivity index (χ2v) is 5.27. The number of benzene rings is 1. The first kappa shape index (κ1) is 19.2. The Balaban J connectivity index is 2.09. The van der Waals surface area contributed by atoms with Crippen LogP contribution >= 0.6 is 0 Å². The number of rotatable bonds is 8. The van der Waals surface area contributed by atoms with Crippen LogP contribution in [0.15, 0.2) is 53.5 Å². The number of hydrogen-bond acceptors (Lipinski definition) is 6. The number of nitrogens with zero attached hydrogens (tertiary/aromatic N) is 2. The van der Waals surface area contributed by atoms with E-state index in [1.54, 1.807) is 12.1 Å². The van der Waals surface area contributed by atoms with E-state index < -0.39 is 17.3 Å². The second-order valence-electron chi connectivity index (χ2n) is 5.27. The summed E-state index contributed by atoms with van der Waals surface area (Å²) in [6, 6.07) is 6.53. The summed E-state index contributed by atoms with van der Waals surface area (Å²) in [6.07, 6.45) is 2.84. The van der Waals surface area contributed by atoms with Crippen LogP contribution in [0, 0.1) is 11.3 Å². The molecule has 2 N–H and O–H groups in total. The SMILES string of the molecule is COc1ncccc1OC/C(=C/Nc1ccc(F)c(C(C)(F)F)c1)N=N. The second kappa shape index (κ2) is 8.32. The summed E-state index contributed by atoms with van der Waals surface area (Å²) < 4.78 is 50.8. The highest BCUT2D eigenvalue weighted by atomic mass is 19.3. The molecule has 1 aromatic carbocycles. The van der Waals surface area contributed by atoms with Gasteiger partial charge in [-0.15, -0.1) is 0 Å². The topological polar surface area (TPSA) is 79.6 Å². The van der Waals surface area contributed by atoms with Gasteiger partial charge in [0.05, 0.1) is 12.7 Å². The standard InChI is InChI=1S/C17H17F3N4O2/c1-17(19,20)13-8-11(5-6-14(13)18)23-9-12(24-21)10-26-15-4-3-7-22-16(15)25-2/h3-9,21,23H,10H2,1-2H3/b12-9-,24-21?. The molecular weight excluding hydrogens is 349 g/mol. The lowest BCUT2D eigenvalue weighted by atomic mass is 10.1. The molecule has 0 amide bonds. The molecule has 0 aliphatic rings. The Morgan fingerprint density at radius 2 is 2.15 bits per heavy atom. The predicted octanol–water partition coefficient (Wildman–Crippen LogP) is 4.70. The van der Waals surface area contributed by atoms with E-state index in [0.29, 0.717) is 12.7 Å². The summed E-state index contributed by atoms with van der Waals surface area (Å²) in [5, 5.41) is 6.00. The zero-order valence-electron chi connectivity index (χ0n) is 14.1. The van der Waals surface area contributed by atoms with Gasteiger partial charge >= 0.3 is 0 Å². The Labute approximate surface area is 148 Å². The molecule has 26 heavy (non-hydrogen) atoms. The van der Waals surface area contributed by atoms with Gasteiger partial charge in [-0.05, 0) is 30.3 Å². The van der Waals surface area contributed by atoms with Gasteiger partial charge < -0.3 is 14.8 Å². The Morgan fingerprint density at radius 1 is 1.38 bits per heavy atom. The van der Waals surface area contributed by atoms with Gasteiger partial charge in [-0.3, -0.25) is 0 Å². The smallest absolute Gasteiger partial charge is 0.273 e. The van der Waals surface area contributed by atoms with Crippen molar-refractivity contribution >= 4 is 5.69 Å². The van der Waals surface area contributed by atoms with E-state index in [0.717, 1.165) is 12.1 Å². The zero-order valence-corrected chi connectivity index (χ0v) is 14.1. The summed E-state index contributed by atoms with van der Waals surface area (Å²) in [6.45, 7) is 0.529. The van der Waals surface area contributed by atoms with Crippen molar-refractivity contribution in [2.24, 2.45) is 5.11 Å². The maximum atomic E-state index is 13.5. The quantitative estimate of drug-likeness (QED) is 0.664. The van der Waals surface area contributed by atoms with Crippen LogP contribution in [-0.2, 0) is 5.92 Å². The molecule has 0 saturated heterocycles. The molecule has 1 aromatic heterocycles. The van der Waals surface area contributed by atoms with Gasteiger partial charge in [0.1, 0.15) is 18.1 Å². The minimum absolute atomic E-state index is 0.0868. The highest BCUT2D eigenvalue weighted by Gasteiger charge is 2.28. The van der Waals surface area contributed by atoms with Gasteiger partial charge in [-0.1, -0.05) is 0 Å². The molecule has 0 aliphatic heterocycles. The Kier molecular flexibility index (Phi) is 6.16. The molecule has 0 atom stereocenters. The van der Waals surface area contributed by atoms with Gasteiger partial charge in [0.15, 0.2) is 5.75 Å². The average molecular weight is 366 g/mol. The normalized spacial score (nSPS) is 11.8. The molecule has 0 bridgehead atoms. The molecule has 2 rings (SSSR count).